The van der Waals surface area contributed by atoms with E-state index in [1.165, 1.54) is 12.1 Å². The molecule has 0 spiro atoms. The first-order valence-electron chi connectivity index (χ1n) is 17.2. The monoisotopic (exact) mass is 846 g/mol. The first kappa shape index (κ1) is 43.9. The summed E-state index contributed by atoms with van der Waals surface area (Å²) >= 11 is 40.5. The number of benzene rings is 2. The second kappa shape index (κ2) is 16.0. The molecule has 6 nitrogen and oxygen atoms in total. The van der Waals surface area contributed by atoms with Gasteiger partial charge in [0.25, 0.3) is 0 Å². The summed E-state index contributed by atoms with van der Waals surface area (Å²) in [5, 5.41) is 17.6. The third-order valence-electron chi connectivity index (χ3n) is 8.73. The van der Waals surface area contributed by atoms with Gasteiger partial charge >= 0.3 is 0 Å². The lowest BCUT2D eigenvalue weighted by molar-refractivity contribution is -0.114. The Hall–Kier alpha value is -2.84. The van der Waals surface area contributed by atoms with Gasteiger partial charge in [-0.05, 0) is 69.2 Å². The molecule has 4 rings (SSSR count). The molecule has 0 atom stereocenters. The van der Waals surface area contributed by atoms with Crippen molar-refractivity contribution in [2.75, 3.05) is 0 Å². The number of azo groups is 2. The molecular formula is C42H44Cl6N4O2. The number of ketones is 2. The van der Waals surface area contributed by atoms with Crippen LogP contribution in [-0.4, -0.2) is 11.6 Å². The van der Waals surface area contributed by atoms with E-state index in [0.29, 0.717) is 33.4 Å². The van der Waals surface area contributed by atoms with E-state index < -0.39 is 0 Å². The van der Waals surface area contributed by atoms with Gasteiger partial charge in [-0.15, -0.1) is 10.2 Å². The molecule has 0 radical (unpaired) electrons. The van der Waals surface area contributed by atoms with Crippen LogP contribution in [0.2, 0.25) is 30.1 Å². The largest absolute Gasteiger partial charge is 0.289 e. The fourth-order valence-corrected chi connectivity index (χ4v) is 7.41. The molecule has 2 aromatic carbocycles. The van der Waals surface area contributed by atoms with Crippen LogP contribution in [0.1, 0.15) is 83.1 Å². The Balaban J connectivity index is 1.71. The predicted octanol–water partition coefficient (Wildman–Crippen LogP) is 16.3. The van der Waals surface area contributed by atoms with E-state index in [-0.39, 0.29) is 85.9 Å². The van der Waals surface area contributed by atoms with E-state index in [9.17, 15) is 9.59 Å². The lowest BCUT2D eigenvalue weighted by Gasteiger charge is -2.31. The van der Waals surface area contributed by atoms with E-state index in [1.807, 2.05) is 107 Å². The zero-order valence-corrected chi connectivity index (χ0v) is 37.0. The van der Waals surface area contributed by atoms with Gasteiger partial charge in [0.2, 0.25) is 0 Å². The second-order valence-corrected chi connectivity index (χ2v) is 19.7. The van der Waals surface area contributed by atoms with Gasteiger partial charge in [-0.25, -0.2) is 0 Å². The number of Topliss-reactive ketones (excluding diaryl/α,β-unsaturated/α-hetero) is 2. The Kier molecular flexibility index (Phi) is 13.0. The Morgan fingerprint density at radius 3 is 0.944 bits per heavy atom. The maximum atomic E-state index is 13.3. The zero-order chi connectivity index (χ0) is 40.9. The van der Waals surface area contributed by atoms with Crippen LogP contribution in [0.5, 0.6) is 0 Å². The number of carbonyl (C=O) groups is 2. The predicted molar refractivity (Wildman–Crippen MR) is 227 cm³/mol. The highest BCUT2D eigenvalue weighted by molar-refractivity contribution is 6.51. The minimum absolute atomic E-state index is 0.0181. The van der Waals surface area contributed by atoms with Crippen molar-refractivity contribution >= 4 is 92.5 Å². The van der Waals surface area contributed by atoms with Crippen LogP contribution in [0.15, 0.2) is 103 Å². The van der Waals surface area contributed by atoms with Crippen molar-refractivity contribution in [2.24, 2.45) is 42.1 Å². The molecule has 54 heavy (non-hydrogen) atoms. The van der Waals surface area contributed by atoms with Crippen molar-refractivity contribution < 1.29 is 9.59 Å². The van der Waals surface area contributed by atoms with Crippen LogP contribution in [0.25, 0.3) is 11.1 Å². The molecule has 0 saturated carbocycles. The average molecular weight is 850 g/mol. The summed E-state index contributed by atoms with van der Waals surface area (Å²) in [6.07, 6.45) is 10.4. The van der Waals surface area contributed by atoms with Crippen molar-refractivity contribution in [3.8, 4) is 11.1 Å². The number of allylic oxidation sites excluding steroid dienone is 10. The maximum absolute atomic E-state index is 13.3. The topological polar surface area (TPSA) is 83.6 Å². The summed E-state index contributed by atoms with van der Waals surface area (Å²) in [6, 6.07) is 3.00. The van der Waals surface area contributed by atoms with E-state index in [2.05, 4.69) is 20.5 Å². The van der Waals surface area contributed by atoms with Gasteiger partial charge in [-0.2, -0.15) is 10.2 Å². The molecule has 0 N–H and O–H groups in total. The Bertz CT molecular complexity index is 1960. The van der Waals surface area contributed by atoms with Crippen molar-refractivity contribution in [3.05, 3.63) is 112 Å². The lowest BCUT2D eigenvalue weighted by atomic mass is 9.72. The molecule has 0 heterocycles. The fourth-order valence-electron chi connectivity index (χ4n) is 5.76. The first-order valence-corrected chi connectivity index (χ1v) is 19.5. The molecule has 0 saturated heterocycles. The SMILES string of the molecule is CC(C)(C)C1=CC(=C/N=N/c2cc(Cl)c(-c3c(Cl)cc(/N=N/C=C4C=C(C(C)(C)C)C(=O)C(C(C)(C)C)=C4)c(Cl)c3Cl)c(Cl)c2Cl)C=C(C(C)(C)C)C1=O. The maximum Gasteiger partial charge on any atom is 0.186 e. The van der Waals surface area contributed by atoms with Crippen LogP contribution in [0, 0.1) is 21.7 Å². The Morgan fingerprint density at radius 1 is 0.444 bits per heavy atom. The van der Waals surface area contributed by atoms with Crippen LogP contribution >= 0.6 is 69.6 Å². The highest BCUT2D eigenvalue weighted by atomic mass is 35.5. The Labute approximate surface area is 348 Å². The van der Waals surface area contributed by atoms with Gasteiger partial charge in [-0.3, -0.25) is 9.59 Å². The second-order valence-electron chi connectivity index (χ2n) is 17.3. The average Bonchev–Trinajstić information content (AvgIpc) is 3.02. The van der Waals surface area contributed by atoms with E-state index >= 15 is 0 Å². The molecule has 2 aromatic rings. The first-order chi connectivity index (χ1) is 24.6. The van der Waals surface area contributed by atoms with E-state index in [1.54, 1.807) is 12.4 Å². The summed E-state index contributed by atoms with van der Waals surface area (Å²) in [5.74, 6) is 0.0363. The van der Waals surface area contributed by atoms with Crippen molar-refractivity contribution in [1.29, 1.82) is 0 Å². The molecule has 12 heteroatoms. The molecular weight excluding hydrogens is 805 g/mol. The summed E-state index contributed by atoms with van der Waals surface area (Å²) in [6.45, 7) is 24.0. The standard InChI is InChI=1S/C42H44Cl6N4O2/c1-39(2,3)23-13-21(14-24(37(23)53)40(4,5)6)19-49-51-29-17-27(43)31(35(47)33(29)45)32-28(44)18-30(34(46)36(32)48)52-50-20-22-15-25(41(7,8)9)38(54)26(16-22)42(10,11)12/h13-20H,1-12H3/b51-49+,52-50+. The third kappa shape index (κ3) is 9.57. The third-order valence-corrected chi connectivity index (χ3v) is 11.0. The van der Waals surface area contributed by atoms with Crippen molar-refractivity contribution in [3.63, 3.8) is 0 Å². The molecule has 0 fully saturated rings. The molecule has 0 amide bonds. The molecule has 0 aromatic heterocycles. The van der Waals surface area contributed by atoms with Gasteiger partial charge in [0.1, 0.15) is 11.4 Å². The van der Waals surface area contributed by atoms with Gasteiger partial charge in [0.05, 0.1) is 42.5 Å². The van der Waals surface area contributed by atoms with Gasteiger partial charge in [-0.1, -0.05) is 153 Å². The van der Waals surface area contributed by atoms with Crippen LogP contribution in [0.3, 0.4) is 0 Å². The van der Waals surface area contributed by atoms with E-state index in [4.69, 9.17) is 69.6 Å². The van der Waals surface area contributed by atoms with Crippen LogP contribution in [-0.2, 0) is 9.59 Å². The number of rotatable bonds is 5. The summed E-state index contributed by atoms with van der Waals surface area (Å²) < 4.78 is 0. The number of carbonyl (C=O) groups excluding carboxylic acids is 2. The quantitative estimate of drug-likeness (QED) is 0.222. The lowest BCUT2D eigenvalue weighted by Crippen LogP contribution is -2.27. The fraction of sp³-hybridized carbons (Fsp3) is 0.381. The number of hydrogen-bond acceptors (Lipinski definition) is 6. The summed E-state index contributed by atoms with van der Waals surface area (Å²) in [5.41, 5.74) is 3.56. The minimum atomic E-state index is -0.373. The van der Waals surface area contributed by atoms with Crippen LogP contribution in [0.4, 0.5) is 11.4 Å². The molecule has 0 bridgehead atoms. The summed E-state index contributed by atoms with van der Waals surface area (Å²) in [7, 11) is 0. The van der Waals surface area contributed by atoms with Crippen LogP contribution < -0.4 is 0 Å². The number of hydrogen-bond donors (Lipinski definition) is 0. The highest BCUT2D eigenvalue weighted by Gasteiger charge is 2.35. The number of nitrogens with zero attached hydrogens (tertiary/aromatic N) is 4. The molecule has 0 aliphatic heterocycles. The molecule has 2 aliphatic rings. The molecule has 2 aliphatic carbocycles. The zero-order valence-electron chi connectivity index (χ0n) is 32.5. The highest BCUT2D eigenvalue weighted by Crippen LogP contribution is 2.52. The number of halogens is 6. The smallest absolute Gasteiger partial charge is 0.186 e. The van der Waals surface area contributed by atoms with Crippen molar-refractivity contribution in [1.82, 2.24) is 0 Å². The normalized spacial score (nSPS) is 16.3. The Morgan fingerprint density at radius 2 is 0.704 bits per heavy atom. The summed E-state index contributed by atoms with van der Waals surface area (Å²) in [4.78, 5) is 26.6. The molecule has 0 unspecified atom stereocenters. The van der Waals surface area contributed by atoms with Gasteiger partial charge in [0.15, 0.2) is 11.6 Å². The van der Waals surface area contributed by atoms with Crippen molar-refractivity contribution in [2.45, 2.75) is 83.1 Å². The molecule has 286 valence electrons. The van der Waals surface area contributed by atoms with E-state index in [0.717, 1.165) is 0 Å². The van der Waals surface area contributed by atoms with Gasteiger partial charge < -0.3 is 0 Å². The van der Waals surface area contributed by atoms with Gasteiger partial charge in [0, 0.05) is 33.4 Å². The minimum Gasteiger partial charge on any atom is -0.289 e.